The molecule has 4 nitrogen and oxygen atoms in total. The molecule has 1 atom stereocenters. The van der Waals surface area contributed by atoms with Crippen molar-refractivity contribution >= 4 is 11.6 Å². The maximum atomic E-state index is 14.6. The van der Waals surface area contributed by atoms with Gasteiger partial charge in [-0.3, -0.25) is 0 Å². The maximum Gasteiger partial charge on any atom is 0.164 e. The molecule has 0 saturated carbocycles. The van der Waals surface area contributed by atoms with Gasteiger partial charge in [0.05, 0.1) is 18.5 Å². The average molecular weight is 256 g/mol. The van der Waals surface area contributed by atoms with Crippen LogP contribution in [-0.4, -0.2) is 27.1 Å². The van der Waals surface area contributed by atoms with Crippen LogP contribution in [0.2, 0.25) is 5.02 Å². The smallest absolute Gasteiger partial charge is 0.164 e. The minimum Gasteiger partial charge on any atom is -0.393 e. The van der Waals surface area contributed by atoms with Gasteiger partial charge in [0.15, 0.2) is 5.67 Å². The SMILES string of the molecule is OCC(F)(Cc1cn[nH]n1)c1ccc(Cl)cc1. The third-order valence-electron chi connectivity index (χ3n) is 2.54. The van der Waals surface area contributed by atoms with Gasteiger partial charge in [0.2, 0.25) is 0 Å². The lowest BCUT2D eigenvalue weighted by Crippen LogP contribution is -2.28. The Labute approximate surface area is 102 Å². The van der Waals surface area contributed by atoms with Crippen LogP contribution in [0, 0.1) is 0 Å². The summed E-state index contributed by atoms with van der Waals surface area (Å²) in [5, 5.41) is 19.6. The maximum absolute atomic E-state index is 14.6. The number of aliphatic hydroxyl groups is 1. The summed E-state index contributed by atoms with van der Waals surface area (Å²) >= 11 is 5.74. The monoisotopic (exact) mass is 255 g/mol. The van der Waals surface area contributed by atoms with Crippen molar-refractivity contribution in [3.63, 3.8) is 0 Å². The third-order valence-corrected chi connectivity index (χ3v) is 2.79. The molecule has 1 aromatic carbocycles. The summed E-state index contributed by atoms with van der Waals surface area (Å²) in [7, 11) is 0. The van der Waals surface area contributed by atoms with Crippen LogP contribution >= 0.6 is 11.6 Å². The Morgan fingerprint density at radius 1 is 1.35 bits per heavy atom. The molecule has 2 N–H and O–H groups in total. The summed E-state index contributed by atoms with van der Waals surface area (Å²) < 4.78 is 14.6. The second kappa shape index (κ2) is 4.81. The lowest BCUT2D eigenvalue weighted by molar-refractivity contribution is 0.0679. The first-order chi connectivity index (χ1) is 8.14. The standard InChI is InChI=1S/C11H11ClFN3O/c12-9-3-1-8(2-4-9)11(13,7-17)5-10-6-14-16-15-10/h1-4,6,17H,5,7H2,(H,14,15,16). The Kier molecular flexibility index (Phi) is 3.40. The highest BCUT2D eigenvalue weighted by molar-refractivity contribution is 6.30. The molecule has 1 unspecified atom stereocenters. The van der Waals surface area contributed by atoms with Crippen molar-refractivity contribution in [1.82, 2.24) is 15.4 Å². The van der Waals surface area contributed by atoms with Crippen LogP contribution < -0.4 is 0 Å². The molecular formula is C11H11ClFN3O. The molecular weight excluding hydrogens is 245 g/mol. The molecule has 2 rings (SSSR count). The second-order valence-electron chi connectivity index (χ2n) is 3.77. The number of nitrogens with zero attached hydrogens (tertiary/aromatic N) is 2. The van der Waals surface area contributed by atoms with E-state index < -0.39 is 12.3 Å². The van der Waals surface area contributed by atoms with Gasteiger partial charge in [0.1, 0.15) is 0 Å². The van der Waals surface area contributed by atoms with Crippen LogP contribution in [0.15, 0.2) is 30.5 Å². The van der Waals surface area contributed by atoms with Gasteiger partial charge in [-0.05, 0) is 17.7 Å². The minimum absolute atomic E-state index is 0.0400. The first-order valence-electron chi connectivity index (χ1n) is 5.04. The van der Waals surface area contributed by atoms with Gasteiger partial charge < -0.3 is 5.11 Å². The first-order valence-corrected chi connectivity index (χ1v) is 5.42. The molecule has 0 spiro atoms. The Hall–Kier alpha value is -1.46. The number of hydrogen-bond donors (Lipinski definition) is 2. The van der Waals surface area contributed by atoms with Crippen LogP contribution in [0.3, 0.4) is 0 Å². The number of H-pyrrole nitrogens is 1. The summed E-state index contributed by atoms with van der Waals surface area (Å²) in [5.74, 6) is 0. The van der Waals surface area contributed by atoms with Gasteiger partial charge in [0.25, 0.3) is 0 Å². The quantitative estimate of drug-likeness (QED) is 0.877. The van der Waals surface area contributed by atoms with E-state index in [9.17, 15) is 9.50 Å². The zero-order valence-electron chi connectivity index (χ0n) is 8.90. The first kappa shape index (κ1) is 12.0. The number of aromatic amines is 1. The number of benzene rings is 1. The predicted molar refractivity (Wildman–Crippen MR) is 61.4 cm³/mol. The third kappa shape index (κ3) is 2.62. The molecule has 0 aliphatic carbocycles. The molecule has 0 aliphatic rings. The average Bonchev–Trinajstić information content (AvgIpc) is 2.82. The lowest BCUT2D eigenvalue weighted by Gasteiger charge is -2.22. The number of nitrogens with one attached hydrogen (secondary N) is 1. The summed E-state index contributed by atoms with van der Waals surface area (Å²) in [6.45, 7) is -0.624. The molecule has 0 saturated heterocycles. The summed E-state index contributed by atoms with van der Waals surface area (Å²) in [5.41, 5.74) is -1.05. The van der Waals surface area contributed by atoms with Crippen molar-refractivity contribution in [1.29, 1.82) is 0 Å². The fraction of sp³-hybridized carbons (Fsp3) is 0.273. The van der Waals surface area contributed by atoms with Crippen molar-refractivity contribution in [3.05, 3.63) is 46.7 Å². The van der Waals surface area contributed by atoms with Gasteiger partial charge >= 0.3 is 0 Å². The molecule has 0 aliphatic heterocycles. The minimum atomic E-state index is -1.87. The number of aliphatic hydroxyl groups excluding tert-OH is 1. The molecule has 0 radical (unpaired) electrons. The van der Waals surface area contributed by atoms with Crippen LogP contribution in [0.25, 0.3) is 0 Å². The molecule has 2 aromatic rings. The lowest BCUT2D eigenvalue weighted by atomic mass is 9.92. The number of alkyl halides is 1. The number of hydrogen-bond acceptors (Lipinski definition) is 3. The Morgan fingerprint density at radius 2 is 2.06 bits per heavy atom. The van der Waals surface area contributed by atoms with Gasteiger partial charge in [-0.25, -0.2) is 4.39 Å². The van der Waals surface area contributed by atoms with Crippen LogP contribution in [0.1, 0.15) is 11.3 Å². The van der Waals surface area contributed by atoms with E-state index in [1.54, 1.807) is 24.3 Å². The normalized spacial score (nSPS) is 14.5. The van der Waals surface area contributed by atoms with Crippen LogP contribution in [-0.2, 0) is 12.1 Å². The summed E-state index contributed by atoms with van der Waals surface area (Å²) in [6.07, 6.45) is 1.39. The molecule has 1 aromatic heterocycles. The zero-order valence-corrected chi connectivity index (χ0v) is 9.65. The molecule has 17 heavy (non-hydrogen) atoms. The van der Waals surface area contributed by atoms with Gasteiger partial charge in [-0.15, -0.1) is 0 Å². The van der Waals surface area contributed by atoms with E-state index in [0.717, 1.165) is 0 Å². The number of rotatable bonds is 4. The Morgan fingerprint density at radius 3 is 2.59 bits per heavy atom. The van der Waals surface area contributed by atoms with Crippen LogP contribution in [0.5, 0.6) is 0 Å². The summed E-state index contributed by atoms with van der Waals surface area (Å²) in [4.78, 5) is 0. The zero-order chi connectivity index (χ0) is 12.3. The van der Waals surface area contributed by atoms with E-state index in [1.165, 1.54) is 6.20 Å². The van der Waals surface area contributed by atoms with E-state index in [4.69, 9.17) is 11.6 Å². The largest absolute Gasteiger partial charge is 0.393 e. The molecule has 0 bridgehead atoms. The second-order valence-corrected chi connectivity index (χ2v) is 4.20. The highest BCUT2D eigenvalue weighted by Gasteiger charge is 2.32. The van der Waals surface area contributed by atoms with Crippen molar-refractivity contribution < 1.29 is 9.50 Å². The fourth-order valence-corrected chi connectivity index (χ4v) is 1.72. The number of halogens is 2. The van der Waals surface area contributed by atoms with Gasteiger partial charge in [-0.2, -0.15) is 15.4 Å². The molecule has 90 valence electrons. The van der Waals surface area contributed by atoms with E-state index in [1.807, 2.05) is 0 Å². The highest BCUT2D eigenvalue weighted by Crippen LogP contribution is 2.30. The van der Waals surface area contributed by atoms with E-state index in [0.29, 0.717) is 16.3 Å². The van der Waals surface area contributed by atoms with Crippen molar-refractivity contribution in [2.45, 2.75) is 12.1 Å². The topological polar surface area (TPSA) is 61.8 Å². The molecule has 0 amide bonds. The van der Waals surface area contributed by atoms with Crippen LogP contribution in [0.4, 0.5) is 4.39 Å². The van der Waals surface area contributed by atoms with Crippen molar-refractivity contribution in [2.24, 2.45) is 0 Å². The van der Waals surface area contributed by atoms with Gasteiger partial charge in [0, 0.05) is 11.4 Å². The summed E-state index contributed by atoms with van der Waals surface area (Å²) in [6, 6.07) is 6.28. The molecule has 1 heterocycles. The van der Waals surface area contributed by atoms with E-state index in [-0.39, 0.29) is 6.42 Å². The fourth-order valence-electron chi connectivity index (χ4n) is 1.60. The Balaban J connectivity index is 2.27. The number of aromatic nitrogens is 3. The van der Waals surface area contributed by atoms with E-state index in [2.05, 4.69) is 15.4 Å². The van der Waals surface area contributed by atoms with Gasteiger partial charge in [-0.1, -0.05) is 23.7 Å². The van der Waals surface area contributed by atoms with Crippen molar-refractivity contribution in [3.8, 4) is 0 Å². The van der Waals surface area contributed by atoms with Crippen molar-refractivity contribution in [2.75, 3.05) is 6.61 Å². The van der Waals surface area contributed by atoms with E-state index >= 15 is 0 Å². The molecule has 6 heteroatoms. The highest BCUT2D eigenvalue weighted by atomic mass is 35.5. The Bertz CT molecular complexity index is 474. The predicted octanol–water partition coefficient (Wildman–Crippen LogP) is 1.86. The molecule has 0 fully saturated rings.